The number of Topliss-reactive ketones (excluding diaryl/α,β-unsaturated/α-hetero) is 1. The molecule has 0 radical (unpaired) electrons. The van der Waals surface area contributed by atoms with Gasteiger partial charge in [-0.05, 0) is 25.0 Å². The number of hydrogen-bond donors (Lipinski definition) is 2. The lowest BCUT2D eigenvalue weighted by Gasteiger charge is -2.17. The zero-order valence-electron chi connectivity index (χ0n) is 12.7. The first-order valence-electron chi connectivity index (χ1n) is 6.94. The van der Waals surface area contributed by atoms with Crippen LogP contribution in [0.1, 0.15) is 29.9 Å². The van der Waals surface area contributed by atoms with Gasteiger partial charge in [-0.25, -0.2) is 0 Å². The van der Waals surface area contributed by atoms with Gasteiger partial charge in [0.15, 0.2) is 12.4 Å². The lowest BCUT2D eigenvalue weighted by atomic mass is 10.0. The zero-order valence-corrected chi connectivity index (χ0v) is 12.7. The lowest BCUT2D eigenvalue weighted by Crippen LogP contribution is -2.25. The number of rotatable bonds is 6. The third kappa shape index (κ3) is 2.72. The molecular weight excluding hydrogens is 284 g/mol. The summed E-state index contributed by atoms with van der Waals surface area (Å²) in [5.41, 5.74) is 6.48. The number of aromatic amines is 1. The number of ketones is 1. The fraction of sp³-hybridized carbons (Fsp3) is 0.312. The molecule has 6 heteroatoms. The Bertz CT molecular complexity index is 746. The third-order valence-corrected chi connectivity index (χ3v) is 3.48. The van der Waals surface area contributed by atoms with Crippen molar-refractivity contribution >= 4 is 28.9 Å². The Balaban J connectivity index is 2.63. The van der Waals surface area contributed by atoms with Crippen LogP contribution in [0.2, 0.25) is 0 Å². The number of carbonyl (C=O) groups excluding carboxylic acids is 3. The molecule has 1 aromatic carbocycles. The first-order chi connectivity index (χ1) is 10.4. The minimum Gasteiger partial charge on any atom is -0.482 e. The Morgan fingerprint density at radius 1 is 1.32 bits per heavy atom. The summed E-state index contributed by atoms with van der Waals surface area (Å²) in [6.07, 6.45) is 0.0795. The highest BCUT2D eigenvalue weighted by Gasteiger charge is 2.24. The number of benzene rings is 1. The van der Waals surface area contributed by atoms with E-state index in [9.17, 15) is 14.4 Å². The molecule has 1 aromatic heterocycles. The highest BCUT2D eigenvalue weighted by molar-refractivity contribution is 6.45. The molecule has 116 valence electrons. The van der Waals surface area contributed by atoms with E-state index in [1.165, 1.54) is 0 Å². The lowest BCUT2D eigenvalue weighted by molar-refractivity contribution is -0.115. The molecule has 1 unspecified atom stereocenters. The number of hydrogen-bond acceptors (Lipinski definition) is 4. The van der Waals surface area contributed by atoms with Gasteiger partial charge in [-0.2, -0.15) is 0 Å². The molecule has 0 saturated heterocycles. The number of primary amides is 1. The van der Waals surface area contributed by atoms with Crippen molar-refractivity contribution in [3.63, 3.8) is 0 Å². The molecule has 1 heterocycles. The molecule has 0 aliphatic heterocycles. The van der Waals surface area contributed by atoms with E-state index in [1.807, 2.05) is 13.8 Å². The number of nitrogens with one attached hydrogen (secondary N) is 1. The van der Waals surface area contributed by atoms with Crippen LogP contribution in [0.5, 0.6) is 5.75 Å². The molecule has 6 nitrogen and oxygen atoms in total. The van der Waals surface area contributed by atoms with Crippen molar-refractivity contribution < 1.29 is 19.1 Å². The molecule has 22 heavy (non-hydrogen) atoms. The number of H-pyrrole nitrogens is 1. The van der Waals surface area contributed by atoms with Gasteiger partial charge in [0, 0.05) is 5.69 Å². The number of aldehydes is 1. The molecule has 1 amide bonds. The van der Waals surface area contributed by atoms with E-state index in [4.69, 9.17) is 10.5 Å². The molecule has 0 fully saturated rings. The topological polar surface area (TPSA) is 102 Å². The summed E-state index contributed by atoms with van der Waals surface area (Å²) in [4.78, 5) is 37.5. The van der Waals surface area contributed by atoms with Gasteiger partial charge in [0.1, 0.15) is 5.75 Å². The molecule has 0 saturated carbocycles. The van der Waals surface area contributed by atoms with Crippen molar-refractivity contribution in [2.45, 2.75) is 26.9 Å². The highest BCUT2D eigenvalue weighted by Crippen LogP contribution is 2.32. The Morgan fingerprint density at radius 3 is 2.55 bits per heavy atom. The van der Waals surface area contributed by atoms with Crippen LogP contribution in [0.15, 0.2) is 18.2 Å². The van der Waals surface area contributed by atoms with Crippen molar-refractivity contribution in [2.24, 2.45) is 11.7 Å². The monoisotopic (exact) mass is 302 g/mol. The number of ether oxygens (including phenoxy) is 1. The van der Waals surface area contributed by atoms with Gasteiger partial charge >= 0.3 is 0 Å². The summed E-state index contributed by atoms with van der Waals surface area (Å²) in [5.74, 6) is -1.47. The predicted molar refractivity (Wildman–Crippen MR) is 81.9 cm³/mol. The number of nitrogens with two attached hydrogens (primary N) is 1. The molecular formula is C16H18N2O4. The Kier molecular flexibility index (Phi) is 4.30. The van der Waals surface area contributed by atoms with Gasteiger partial charge < -0.3 is 15.5 Å². The average Bonchev–Trinajstić information content (AvgIpc) is 2.79. The van der Waals surface area contributed by atoms with Gasteiger partial charge in [0.2, 0.25) is 0 Å². The van der Waals surface area contributed by atoms with E-state index in [0.717, 1.165) is 6.29 Å². The molecule has 0 aliphatic carbocycles. The number of aryl methyl sites for hydroxylation is 1. The number of aromatic nitrogens is 1. The SMILES string of the molecule is Cc1[nH]c2cccc(OC(C=O)C(C)C)c2c1C(=O)C(N)=O. The second kappa shape index (κ2) is 6.01. The summed E-state index contributed by atoms with van der Waals surface area (Å²) in [5, 5.41) is 0.469. The Hall–Kier alpha value is -2.63. The van der Waals surface area contributed by atoms with Crippen LogP contribution in [0.3, 0.4) is 0 Å². The first-order valence-corrected chi connectivity index (χ1v) is 6.94. The van der Waals surface area contributed by atoms with E-state index in [2.05, 4.69) is 4.98 Å². The maximum absolute atomic E-state index is 12.1. The van der Waals surface area contributed by atoms with Gasteiger partial charge in [-0.15, -0.1) is 0 Å². The number of amides is 1. The smallest absolute Gasteiger partial charge is 0.289 e. The second-order valence-electron chi connectivity index (χ2n) is 5.46. The van der Waals surface area contributed by atoms with E-state index in [0.29, 0.717) is 22.3 Å². The van der Waals surface area contributed by atoms with Gasteiger partial charge in [0.25, 0.3) is 11.7 Å². The van der Waals surface area contributed by atoms with E-state index in [1.54, 1.807) is 25.1 Å². The molecule has 3 N–H and O–H groups in total. The average molecular weight is 302 g/mol. The normalized spacial score (nSPS) is 12.4. The Morgan fingerprint density at radius 2 is 2.00 bits per heavy atom. The van der Waals surface area contributed by atoms with Crippen molar-refractivity contribution in [1.82, 2.24) is 4.98 Å². The fourth-order valence-electron chi connectivity index (χ4n) is 2.32. The summed E-state index contributed by atoms with van der Waals surface area (Å²) in [6, 6.07) is 5.17. The van der Waals surface area contributed by atoms with Gasteiger partial charge in [-0.3, -0.25) is 14.4 Å². The Labute approximate surface area is 127 Å². The molecule has 2 rings (SSSR count). The standard InChI is InChI=1S/C16H18N2O4/c1-8(2)12(7-19)22-11-6-4-5-10-14(11)13(9(3)18-10)15(20)16(17)21/h4-8,12,18H,1-3H3,(H2,17,21). The van der Waals surface area contributed by atoms with Crippen molar-refractivity contribution in [3.8, 4) is 5.75 Å². The largest absolute Gasteiger partial charge is 0.482 e. The number of fused-ring (bicyclic) bond motifs is 1. The summed E-state index contributed by atoms with van der Waals surface area (Å²) in [7, 11) is 0. The molecule has 0 aliphatic rings. The first kappa shape index (κ1) is 15.8. The zero-order chi connectivity index (χ0) is 16.4. The third-order valence-electron chi connectivity index (χ3n) is 3.48. The van der Waals surface area contributed by atoms with Crippen molar-refractivity contribution in [3.05, 3.63) is 29.5 Å². The fourth-order valence-corrected chi connectivity index (χ4v) is 2.32. The van der Waals surface area contributed by atoms with Crippen LogP contribution in [-0.4, -0.2) is 29.1 Å². The van der Waals surface area contributed by atoms with Crippen LogP contribution in [0.25, 0.3) is 10.9 Å². The van der Waals surface area contributed by atoms with Crippen LogP contribution < -0.4 is 10.5 Å². The van der Waals surface area contributed by atoms with Crippen LogP contribution in [0.4, 0.5) is 0 Å². The van der Waals surface area contributed by atoms with Crippen molar-refractivity contribution in [2.75, 3.05) is 0 Å². The highest BCUT2D eigenvalue weighted by atomic mass is 16.5. The molecule has 2 aromatic rings. The van der Waals surface area contributed by atoms with Crippen molar-refractivity contribution in [1.29, 1.82) is 0 Å². The summed E-state index contributed by atoms with van der Waals surface area (Å²) < 4.78 is 5.73. The predicted octanol–water partition coefficient (Wildman–Crippen LogP) is 1.75. The molecule has 1 atom stereocenters. The second-order valence-corrected chi connectivity index (χ2v) is 5.46. The van der Waals surface area contributed by atoms with E-state index < -0.39 is 17.8 Å². The quantitative estimate of drug-likeness (QED) is 0.482. The summed E-state index contributed by atoms with van der Waals surface area (Å²) >= 11 is 0. The van der Waals surface area contributed by atoms with Crippen LogP contribution in [0, 0.1) is 12.8 Å². The van der Waals surface area contributed by atoms with Gasteiger partial charge in [0.05, 0.1) is 16.5 Å². The minimum absolute atomic E-state index is 0.0249. The van der Waals surface area contributed by atoms with Gasteiger partial charge in [-0.1, -0.05) is 19.9 Å². The van der Waals surface area contributed by atoms with E-state index in [-0.39, 0.29) is 11.5 Å². The molecule has 0 spiro atoms. The minimum atomic E-state index is -1.03. The number of carbonyl (C=O) groups is 3. The molecule has 0 bridgehead atoms. The maximum Gasteiger partial charge on any atom is 0.289 e. The van der Waals surface area contributed by atoms with Crippen LogP contribution in [-0.2, 0) is 9.59 Å². The maximum atomic E-state index is 12.1. The summed E-state index contributed by atoms with van der Waals surface area (Å²) in [6.45, 7) is 5.40. The van der Waals surface area contributed by atoms with E-state index >= 15 is 0 Å². The van der Waals surface area contributed by atoms with Crippen LogP contribution >= 0.6 is 0 Å².